The van der Waals surface area contributed by atoms with Gasteiger partial charge in [-0.25, -0.2) is 0 Å². The van der Waals surface area contributed by atoms with E-state index in [0.717, 1.165) is 38.3 Å². The number of nitrogens with zero attached hydrogens (tertiary/aromatic N) is 3. The van der Waals surface area contributed by atoms with Gasteiger partial charge >= 0.3 is 0 Å². The fourth-order valence-corrected chi connectivity index (χ4v) is 4.98. The summed E-state index contributed by atoms with van der Waals surface area (Å²) in [6.45, 7) is 6.33. The van der Waals surface area contributed by atoms with Crippen molar-refractivity contribution >= 4 is 23.1 Å². The predicted octanol–water partition coefficient (Wildman–Crippen LogP) is 2.78. The summed E-state index contributed by atoms with van der Waals surface area (Å²) < 4.78 is 0. The van der Waals surface area contributed by atoms with E-state index >= 15 is 0 Å². The number of aromatic hydroxyl groups is 1. The molecular formula is C17H27N3OS. The maximum Gasteiger partial charge on any atom is 0.141 e. The SMILES string of the molecule is CCC1c2ccc(O)c(N3CCN(C)CC3)c2N(C)C1SC. The number of anilines is 2. The number of likely N-dealkylation sites (N-methyl/N-ethyl adjacent to an activating group) is 2. The van der Waals surface area contributed by atoms with E-state index in [9.17, 15) is 5.11 Å². The predicted molar refractivity (Wildman–Crippen MR) is 96.6 cm³/mol. The molecule has 0 spiro atoms. The first-order valence-corrected chi connectivity index (χ1v) is 9.42. The van der Waals surface area contributed by atoms with Gasteiger partial charge in [0, 0.05) is 39.1 Å². The van der Waals surface area contributed by atoms with E-state index in [-0.39, 0.29) is 0 Å². The molecule has 1 aromatic rings. The normalized spacial score (nSPS) is 25.6. The molecule has 2 heterocycles. The van der Waals surface area contributed by atoms with E-state index in [1.807, 2.05) is 17.8 Å². The van der Waals surface area contributed by atoms with Crippen molar-refractivity contribution in [2.24, 2.45) is 0 Å². The van der Waals surface area contributed by atoms with Crippen molar-refractivity contribution < 1.29 is 5.11 Å². The van der Waals surface area contributed by atoms with E-state index < -0.39 is 0 Å². The van der Waals surface area contributed by atoms with Crippen LogP contribution in [0.3, 0.4) is 0 Å². The molecule has 0 amide bonds. The van der Waals surface area contributed by atoms with Gasteiger partial charge in [-0.05, 0) is 31.4 Å². The van der Waals surface area contributed by atoms with Crippen molar-refractivity contribution in [3.8, 4) is 5.75 Å². The van der Waals surface area contributed by atoms with Gasteiger partial charge in [-0.2, -0.15) is 0 Å². The standard InChI is InChI=1S/C17H27N3OS/c1-5-12-13-6-7-14(21)16(15(13)19(3)17(12)22-4)20-10-8-18(2)9-11-20/h6-7,12,17,21H,5,8-11H2,1-4H3. The van der Waals surface area contributed by atoms with Crippen LogP contribution in [0.4, 0.5) is 11.4 Å². The Kier molecular flexibility index (Phi) is 4.46. The molecule has 4 nitrogen and oxygen atoms in total. The molecule has 2 atom stereocenters. The Morgan fingerprint density at radius 3 is 2.41 bits per heavy atom. The fraction of sp³-hybridized carbons (Fsp3) is 0.647. The highest BCUT2D eigenvalue weighted by atomic mass is 32.2. The van der Waals surface area contributed by atoms with Gasteiger partial charge < -0.3 is 19.8 Å². The van der Waals surface area contributed by atoms with Crippen molar-refractivity contribution in [3.63, 3.8) is 0 Å². The Morgan fingerprint density at radius 1 is 1.14 bits per heavy atom. The van der Waals surface area contributed by atoms with Crippen molar-refractivity contribution in [1.29, 1.82) is 0 Å². The number of phenols is 1. The fourth-order valence-electron chi connectivity index (χ4n) is 3.89. The van der Waals surface area contributed by atoms with Gasteiger partial charge in [0.25, 0.3) is 0 Å². The van der Waals surface area contributed by atoms with Gasteiger partial charge in [-0.3, -0.25) is 0 Å². The maximum absolute atomic E-state index is 10.5. The van der Waals surface area contributed by atoms with Crippen molar-refractivity contribution in [1.82, 2.24) is 4.90 Å². The second kappa shape index (κ2) is 6.20. The molecule has 1 aromatic carbocycles. The summed E-state index contributed by atoms with van der Waals surface area (Å²) >= 11 is 1.91. The molecule has 2 aliphatic heterocycles. The van der Waals surface area contributed by atoms with Crippen molar-refractivity contribution in [2.45, 2.75) is 24.6 Å². The van der Waals surface area contributed by atoms with Gasteiger partial charge in [0.05, 0.1) is 11.1 Å². The second-order valence-corrected chi connectivity index (χ2v) is 7.37. The average molecular weight is 321 g/mol. The third-order valence-corrected chi connectivity index (χ3v) is 6.27. The summed E-state index contributed by atoms with van der Waals surface area (Å²) in [5, 5.41) is 11.0. The molecule has 2 unspecified atom stereocenters. The lowest BCUT2D eigenvalue weighted by Gasteiger charge is -2.36. The van der Waals surface area contributed by atoms with E-state index in [2.05, 4.69) is 48.0 Å². The number of hydrogen-bond donors (Lipinski definition) is 1. The van der Waals surface area contributed by atoms with Crippen LogP contribution in [0.15, 0.2) is 12.1 Å². The number of benzene rings is 1. The molecule has 5 heteroatoms. The van der Waals surface area contributed by atoms with Crippen LogP contribution in [-0.2, 0) is 0 Å². The lowest BCUT2D eigenvalue weighted by Crippen LogP contribution is -2.45. The highest BCUT2D eigenvalue weighted by Gasteiger charge is 2.38. The zero-order chi connectivity index (χ0) is 15.9. The Balaban J connectivity index is 2.04. The molecule has 1 fully saturated rings. The minimum atomic E-state index is 0.423. The monoisotopic (exact) mass is 321 g/mol. The summed E-state index contributed by atoms with van der Waals surface area (Å²) in [7, 11) is 4.34. The van der Waals surface area contributed by atoms with Crippen LogP contribution < -0.4 is 9.80 Å². The zero-order valence-corrected chi connectivity index (χ0v) is 14.9. The minimum Gasteiger partial charge on any atom is -0.506 e. The molecular weight excluding hydrogens is 294 g/mol. The largest absolute Gasteiger partial charge is 0.506 e. The quantitative estimate of drug-likeness (QED) is 0.925. The number of fused-ring (bicyclic) bond motifs is 1. The second-order valence-electron chi connectivity index (χ2n) is 6.41. The molecule has 1 N–H and O–H groups in total. The molecule has 22 heavy (non-hydrogen) atoms. The summed E-state index contributed by atoms with van der Waals surface area (Å²) in [5.41, 5.74) is 3.69. The summed E-state index contributed by atoms with van der Waals surface area (Å²) in [4.78, 5) is 7.08. The van der Waals surface area contributed by atoms with Crippen LogP contribution in [0.5, 0.6) is 5.75 Å². The van der Waals surface area contributed by atoms with Gasteiger partial charge in [0.2, 0.25) is 0 Å². The Morgan fingerprint density at radius 2 is 1.82 bits per heavy atom. The van der Waals surface area contributed by atoms with Crippen molar-refractivity contribution in [2.75, 3.05) is 56.3 Å². The first kappa shape index (κ1) is 15.8. The lowest BCUT2D eigenvalue weighted by atomic mass is 9.97. The molecule has 0 radical (unpaired) electrons. The number of hydrogen-bond acceptors (Lipinski definition) is 5. The van der Waals surface area contributed by atoms with E-state index in [1.165, 1.54) is 11.3 Å². The number of piperazine rings is 1. The maximum atomic E-state index is 10.5. The van der Waals surface area contributed by atoms with Crippen LogP contribution in [0, 0.1) is 0 Å². The zero-order valence-electron chi connectivity index (χ0n) is 14.0. The van der Waals surface area contributed by atoms with Crippen molar-refractivity contribution in [3.05, 3.63) is 17.7 Å². The number of thioether (sulfide) groups is 1. The van der Waals surface area contributed by atoms with Crippen LogP contribution in [-0.4, -0.2) is 61.9 Å². The van der Waals surface area contributed by atoms with Crippen LogP contribution in [0.1, 0.15) is 24.8 Å². The van der Waals surface area contributed by atoms with E-state index in [4.69, 9.17) is 0 Å². The van der Waals surface area contributed by atoms with E-state index in [0.29, 0.717) is 17.0 Å². The van der Waals surface area contributed by atoms with Gasteiger partial charge in [-0.1, -0.05) is 13.0 Å². The molecule has 3 rings (SSSR count). The molecule has 2 aliphatic rings. The highest BCUT2D eigenvalue weighted by molar-refractivity contribution is 7.99. The summed E-state index contributed by atoms with van der Waals surface area (Å²) in [6, 6.07) is 4.02. The topological polar surface area (TPSA) is 30.0 Å². The molecule has 0 aliphatic carbocycles. The van der Waals surface area contributed by atoms with E-state index in [1.54, 1.807) is 0 Å². The molecule has 0 saturated carbocycles. The third-order valence-electron chi connectivity index (χ3n) is 5.14. The first-order chi connectivity index (χ1) is 10.6. The lowest BCUT2D eigenvalue weighted by molar-refractivity contribution is 0.311. The first-order valence-electron chi connectivity index (χ1n) is 8.13. The van der Waals surface area contributed by atoms with Crippen LogP contribution in [0.2, 0.25) is 0 Å². The third kappa shape index (κ3) is 2.44. The van der Waals surface area contributed by atoms with Gasteiger partial charge in [0.1, 0.15) is 11.4 Å². The summed E-state index contributed by atoms with van der Waals surface area (Å²) in [5.74, 6) is 0.966. The van der Waals surface area contributed by atoms with Gasteiger partial charge in [-0.15, -0.1) is 11.8 Å². The Bertz CT molecular complexity index is 543. The molecule has 1 saturated heterocycles. The molecule has 122 valence electrons. The van der Waals surface area contributed by atoms with Crippen LogP contribution in [0.25, 0.3) is 0 Å². The van der Waals surface area contributed by atoms with Gasteiger partial charge in [0.15, 0.2) is 0 Å². The summed E-state index contributed by atoms with van der Waals surface area (Å²) in [6.07, 6.45) is 3.32. The number of phenolic OH excluding ortho intramolecular Hbond substituents is 1. The minimum absolute atomic E-state index is 0.423. The molecule has 0 bridgehead atoms. The number of rotatable bonds is 3. The van der Waals surface area contributed by atoms with Crippen LogP contribution >= 0.6 is 11.8 Å². The Hall–Kier alpha value is -1.07. The highest BCUT2D eigenvalue weighted by Crippen LogP contribution is 2.52. The molecule has 0 aromatic heterocycles. The smallest absolute Gasteiger partial charge is 0.141 e. The average Bonchev–Trinajstić information content (AvgIpc) is 2.80. The Labute approximate surface area is 138 Å².